The summed E-state index contributed by atoms with van der Waals surface area (Å²) in [5.41, 5.74) is 0. The summed E-state index contributed by atoms with van der Waals surface area (Å²) in [5, 5.41) is 28.4. The highest BCUT2D eigenvalue weighted by molar-refractivity contribution is 9.10. The summed E-state index contributed by atoms with van der Waals surface area (Å²) in [6.07, 6.45) is -4.60. The van der Waals surface area contributed by atoms with Crippen LogP contribution in [0.1, 0.15) is 0 Å². The number of hydrogen-bond donors (Lipinski definition) is 3. The van der Waals surface area contributed by atoms with Crippen molar-refractivity contribution in [1.29, 1.82) is 0 Å². The van der Waals surface area contributed by atoms with Crippen LogP contribution in [-0.2, 0) is 4.74 Å². The van der Waals surface area contributed by atoms with Crippen LogP contribution >= 0.6 is 15.9 Å². The fourth-order valence-corrected chi connectivity index (χ4v) is 1.79. The summed E-state index contributed by atoms with van der Waals surface area (Å²) >= 11 is 3.29. The van der Waals surface area contributed by atoms with E-state index in [1.807, 2.05) is 0 Å². The van der Waals surface area contributed by atoms with Gasteiger partial charge < -0.3 is 24.8 Å². The molecule has 94 valence electrons. The number of rotatable bonds is 2. The Morgan fingerprint density at radius 1 is 1.12 bits per heavy atom. The molecule has 2 rings (SSSR count). The van der Waals surface area contributed by atoms with E-state index in [0.717, 1.165) is 4.47 Å². The smallest absolute Gasteiger partial charge is 0.228 e. The van der Waals surface area contributed by atoms with Crippen LogP contribution in [0.15, 0.2) is 28.7 Å². The Morgan fingerprint density at radius 2 is 1.76 bits per heavy atom. The number of hydrogen-bond acceptors (Lipinski definition) is 5. The van der Waals surface area contributed by atoms with E-state index < -0.39 is 24.6 Å². The SMILES string of the molecule is O[C@@H]1[C@@H](O)[C@@H](Oc2ccc(Br)cc2)OC[C@H]1O. The highest BCUT2D eigenvalue weighted by Gasteiger charge is 2.38. The lowest BCUT2D eigenvalue weighted by atomic mass is 10.1. The second-order valence-corrected chi connectivity index (χ2v) is 4.74. The van der Waals surface area contributed by atoms with E-state index in [1.165, 1.54) is 0 Å². The van der Waals surface area contributed by atoms with Gasteiger partial charge >= 0.3 is 0 Å². The molecule has 1 aliphatic rings. The van der Waals surface area contributed by atoms with Crippen molar-refractivity contribution in [2.45, 2.75) is 24.6 Å². The Kier molecular flexibility index (Phi) is 4.01. The average Bonchev–Trinajstić information content (AvgIpc) is 2.33. The molecule has 0 unspecified atom stereocenters. The van der Waals surface area contributed by atoms with Gasteiger partial charge in [-0.3, -0.25) is 0 Å². The molecule has 6 heteroatoms. The topological polar surface area (TPSA) is 79.2 Å². The maximum Gasteiger partial charge on any atom is 0.228 e. The van der Waals surface area contributed by atoms with Crippen LogP contribution in [0.25, 0.3) is 0 Å². The summed E-state index contributed by atoms with van der Waals surface area (Å²) in [4.78, 5) is 0. The van der Waals surface area contributed by atoms with Crippen molar-refractivity contribution < 1.29 is 24.8 Å². The van der Waals surface area contributed by atoms with Gasteiger partial charge in [0.25, 0.3) is 0 Å². The first-order chi connectivity index (χ1) is 8.08. The predicted octanol–water partition coefficient (Wildman–Crippen LogP) is 0.267. The Balaban J connectivity index is 2.01. The van der Waals surface area contributed by atoms with Crippen molar-refractivity contribution in [1.82, 2.24) is 0 Å². The van der Waals surface area contributed by atoms with Crippen LogP contribution in [0, 0.1) is 0 Å². The van der Waals surface area contributed by atoms with Gasteiger partial charge in [0, 0.05) is 4.47 Å². The molecule has 1 aromatic rings. The third-order valence-electron chi connectivity index (χ3n) is 2.52. The van der Waals surface area contributed by atoms with E-state index in [4.69, 9.17) is 9.47 Å². The molecular formula is C11H13BrO5. The average molecular weight is 305 g/mol. The lowest BCUT2D eigenvalue weighted by molar-refractivity contribution is -0.242. The molecule has 1 heterocycles. The minimum Gasteiger partial charge on any atom is -0.462 e. The van der Waals surface area contributed by atoms with E-state index in [2.05, 4.69) is 15.9 Å². The first-order valence-corrected chi connectivity index (χ1v) is 5.95. The third kappa shape index (κ3) is 2.97. The summed E-state index contributed by atoms with van der Waals surface area (Å²) in [6.45, 7) is -0.0700. The highest BCUT2D eigenvalue weighted by Crippen LogP contribution is 2.22. The van der Waals surface area contributed by atoms with Gasteiger partial charge in [0.2, 0.25) is 6.29 Å². The first kappa shape index (κ1) is 12.8. The molecule has 0 aromatic heterocycles. The molecule has 1 aliphatic heterocycles. The largest absolute Gasteiger partial charge is 0.462 e. The Morgan fingerprint density at radius 3 is 2.41 bits per heavy atom. The van der Waals surface area contributed by atoms with Crippen molar-refractivity contribution in [3.63, 3.8) is 0 Å². The van der Waals surface area contributed by atoms with Crippen LogP contribution in [0.4, 0.5) is 0 Å². The quantitative estimate of drug-likeness (QED) is 0.731. The maximum absolute atomic E-state index is 9.65. The molecule has 0 spiro atoms. The molecule has 1 fully saturated rings. The van der Waals surface area contributed by atoms with E-state index in [9.17, 15) is 15.3 Å². The fourth-order valence-electron chi connectivity index (χ4n) is 1.53. The minimum absolute atomic E-state index is 0.0700. The molecule has 0 amide bonds. The van der Waals surface area contributed by atoms with Gasteiger partial charge in [-0.05, 0) is 24.3 Å². The number of aliphatic hydroxyl groups is 3. The van der Waals surface area contributed by atoms with Crippen LogP contribution in [0.5, 0.6) is 5.75 Å². The van der Waals surface area contributed by atoms with E-state index in [1.54, 1.807) is 24.3 Å². The van der Waals surface area contributed by atoms with Crippen LogP contribution in [-0.4, -0.2) is 46.5 Å². The number of ether oxygens (including phenoxy) is 2. The Hall–Kier alpha value is -0.660. The van der Waals surface area contributed by atoms with E-state index >= 15 is 0 Å². The Bertz CT molecular complexity index is 369. The first-order valence-electron chi connectivity index (χ1n) is 5.16. The monoisotopic (exact) mass is 304 g/mol. The van der Waals surface area contributed by atoms with Crippen molar-refractivity contribution in [2.75, 3.05) is 6.61 Å². The molecule has 17 heavy (non-hydrogen) atoms. The molecule has 0 saturated carbocycles. The Labute approximate surface area is 107 Å². The van der Waals surface area contributed by atoms with Crippen LogP contribution in [0.2, 0.25) is 0 Å². The summed E-state index contributed by atoms with van der Waals surface area (Å²) < 4.78 is 11.4. The van der Waals surface area contributed by atoms with Crippen molar-refractivity contribution in [2.24, 2.45) is 0 Å². The third-order valence-corrected chi connectivity index (χ3v) is 3.05. The summed E-state index contributed by atoms with van der Waals surface area (Å²) in [7, 11) is 0. The van der Waals surface area contributed by atoms with Crippen molar-refractivity contribution in [3.8, 4) is 5.75 Å². The second kappa shape index (κ2) is 5.32. The lowest BCUT2D eigenvalue weighted by Gasteiger charge is -2.34. The lowest BCUT2D eigenvalue weighted by Crippen LogP contribution is -2.54. The summed E-state index contributed by atoms with van der Waals surface area (Å²) in [5.74, 6) is 0.515. The molecule has 5 nitrogen and oxygen atoms in total. The van der Waals surface area contributed by atoms with Gasteiger partial charge in [-0.25, -0.2) is 0 Å². The van der Waals surface area contributed by atoms with Gasteiger partial charge in [0.05, 0.1) is 6.61 Å². The maximum atomic E-state index is 9.65. The minimum atomic E-state index is -1.28. The van der Waals surface area contributed by atoms with Crippen LogP contribution in [0.3, 0.4) is 0 Å². The zero-order chi connectivity index (χ0) is 12.4. The fraction of sp³-hybridized carbons (Fsp3) is 0.455. The van der Waals surface area contributed by atoms with Gasteiger partial charge in [-0.2, -0.15) is 0 Å². The number of benzene rings is 1. The van der Waals surface area contributed by atoms with Crippen molar-refractivity contribution >= 4 is 15.9 Å². The molecule has 0 radical (unpaired) electrons. The molecular weight excluding hydrogens is 292 g/mol. The summed E-state index contributed by atoms with van der Waals surface area (Å²) in [6, 6.07) is 6.99. The molecule has 0 aliphatic carbocycles. The molecule has 4 atom stereocenters. The standard InChI is InChI=1S/C11H13BrO5/c12-6-1-3-7(4-2-6)17-11-10(15)9(14)8(13)5-16-11/h1-4,8-11,13-15H,5H2/t8-,9+,10-,11-/m1/s1. The van der Waals surface area contributed by atoms with Crippen LogP contribution < -0.4 is 4.74 Å². The van der Waals surface area contributed by atoms with Gasteiger partial charge in [-0.1, -0.05) is 15.9 Å². The predicted molar refractivity (Wildman–Crippen MR) is 62.5 cm³/mol. The molecule has 0 bridgehead atoms. The molecule has 1 aromatic carbocycles. The second-order valence-electron chi connectivity index (χ2n) is 3.82. The van der Waals surface area contributed by atoms with E-state index in [-0.39, 0.29) is 6.61 Å². The zero-order valence-electron chi connectivity index (χ0n) is 8.86. The normalized spacial score (nSPS) is 33.4. The van der Waals surface area contributed by atoms with Gasteiger partial charge in [0.1, 0.15) is 24.1 Å². The highest BCUT2D eigenvalue weighted by atomic mass is 79.9. The number of halogens is 1. The van der Waals surface area contributed by atoms with Gasteiger partial charge in [-0.15, -0.1) is 0 Å². The van der Waals surface area contributed by atoms with Gasteiger partial charge in [0.15, 0.2) is 0 Å². The molecule has 1 saturated heterocycles. The number of aliphatic hydroxyl groups excluding tert-OH is 3. The zero-order valence-corrected chi connectivity index (χ0v) is 10.4. The van der Waals surface area contributed by atoms with Crippen molar-refractivity contribution in [3.05, 3.63) is 28.7 Å². The molecule has 3 N–H and O–H groups in total. The van der Waals surface area contributed by atoms with E-state index in [0.29, 0.717) is 5.75 Å².